The SMILES string of the molecule is C=C(C)C(=O)OC(COCCCCCCCCCCCCCCCCCC)COc1ccc2cc(OCC(COCCCCCCCCCCCCCCCCCC)OC(=O)C(=C)C)ccc2c1. The average molecular weight is 949 g/mol. The maximum absolute atomic E-state index is 12.4. The summed E-state index contributed by atoms with van der Waals surface area (Å²) in [5.74, 6) is 0.422. The van der Waals surface area contributed by atoms with Crippen LogP contribution in [0, 0.1) is 0 Å². The smallest absolute Gasteiger partial charge is 0.333 e. The van der Waals surface area contributed by atoms with Gasteiger partial charge in [-0.2, -0.15) is 0 Å². The van der Waals surface area contributed by atoms with Crippen molar-refractivity contribution in [3.05, 3.63) is 60.7 Å². The van der Waals surface area contributed by atoms with Crippen molar-refractivity contribution in [2.24, 2.45) is 0 Å². The van der Waals surface area contributed by atoms with Crippen LogP contribution in [0.2, 0.25) is 0 Å². The van der Waals surface area contributed by atoms with Crippen LogP contribution in [-0.4, -0.2) is 63.8 Å². The Hall–Kier alpha value is -3.36. The van der Waals surface area contributed by atoms with Crippen molar-refractivity contribution in [2.75, 3.05) is 39.6 Å². The van der Waals surface area contributed by atoms with E-state index in [1.54, 1.807) is 13.8 Å². The summed E-state index contributed by atoms with van der Waals surface area (Å²) < 4.78 is 35.6. The van der Waals surface area contributed by atoms with Gasteiger partial charge in [-0.15, -0.1) is 0 Å². The number of carbonyl (C=O) groups is 2. The van der Waals surface area contributed by atoms with E-state index in [0.717, 1.165) is 36.5 Å². The fraction of sp³-hybridized carbons (Fsp3) is 0.733. The molecule has 0 aliphatic carbocycles. The molecule has 0 aliphatic heterocycles. The van der Waals surface area contributed by atoms with E-state index in [2.05, 4.69) is 27.0 Å². The maximum atomic E-state index is 12.4. The minimum Gasteiger partial charge on any atom is -0.490 e. The molecule has 2 rings (SSSR count). The van der Waals surface area contributed by atoms with Gasteiger partial charge in [0, 0.05) is 24.4 Å². The van der Waals surface area contributed by atoms with E-state index in [9.17, 15) is 9.59 Å². The summed E-state index contributed by atoms with van der Waals surface area (Å²) in [7, 11) is 0. The van der Waals surface area contributed by atoms with E-state index in [-0.39, 0.29) is 26.4 Å². The van der Waals surface area contributed by atoms with Crippen molar-refractivity contribution in [3.8, 4) is 11.5 Å². The van der Waals surface area contributed by atoms with Crippen molar-refractivity contribution in [2.45, 2.75) is 245 Å². The zero-order chi connectivity index (χ0) is 49.1. The normalized spacial score (nSPS) is 12.2. The number of benzene rings is 2. The second-order valence-corrected chi connectivity index (χ2v) is 19.7. The van der Waals surface area contributed by atoms with Crippen LogP contribution in [0.3, 0.4) is 0 Å². The molecule has 2 unspecified atom stereocenters. The van der Waals surface area contributed by atoms with Crippen LogP contribution in [0.4, 0.5) is 0 Å². The molecule has 2 atom stereocenters. The summed E-state index contributed by atoms with van der Waals surface area (Å²) in [6.07, 6.45) is 41.4. The number of ether oxygens (including phenoxy) is 6. The monoisotopic (exact) mass is 949 g/mol. The molecule has 2 aromatic rings. The van der Waals surface area contributed by atoms with Gasteiger partial charge in [0.1, 0.15) is 24.7 Å². The zero-order valence-electron chi connectivity index (χ0n) is 44.2. The molecule has 0 saturated carbocycles. The first-order valence-corrected chi connectivity index (χ1v) is 27.9. The van der Waals surface area contributed by atoms with Crippen LogP contribution in [0.1, 0.15) is 233 Å². The highest BCUT2D eigenvalue weighted by Gasteiger charge is 2.19. The number of carbonyl (C=O) groups excluding carboxylic acids is 2. The average Bonchev–Trinajstić information content (AvgIpc) is 3.33. The largest absolute Gasteiger partial charge is 0.490 e. The summed E-state index contributed by atoms with van der Waals surface area (Å²) in [6, 6.07) is 11.6. The lowest BCUT2D eigenvalue weighted by Gasteiger charge is -2.19. The first-order chi connectivity index (χ1) is 33.2. The summed E-state index contributed by atoms with van der Waals surface area (Å²) in [5, 5.41) is 1.94. The number of hydrogen-bond acceptors (Lipinski definition) is 8. The third-order valence-electron chi connectivity index (χ3n) is 12.8. The highest BCUT2D eigenvalue weighted by molar-refractivity contribution is 5.87. The predicted octanol–water partition coefficient (Wildman–Crippen LogP) is 17.1. The number of hydrogen-bond donors (Lipinski definition) is 0. The van der Waals surface area contributed by atoms with E-state index in [1.165, 1.54) is 180 Å². The van der Waals surface area contributed by atoms with Gasteiger partial charge in [0.15, 0.2) is 12.2 Å². The maximum Gasteiger partial charge on any atom is 0.333 e. The van der Waals surface area contributed by atoms with Crippen LogP contribution in [-0.2, 0) is 28.5 Å². The molecule has 2 aromatic carbocycles. The van der Waals surface area contributed by atoms with Crippen molar-refractivity contribution in [1.29, 1.82) is 0 Å². The van der Waals surface area contributed by atoms with Crippen LogP contribution >= 0.6 is 0 Å². The number of unbranched alkanes of at least 4 members (excludes halogenated alkanes) is 30. The summed E-state index contributed by atoms with van der Waals surface area (Å²) in [5.41, 5.74) is 0.685. The molecule has 0 amide bonds. The van der Waals surface area contributed by atoms with E-state index >= 15 is 0 Å². The van der Waals surface area contributed by atoms with E-state index in [0.29, 0.717) is 35.9 Å². The molecule has 0 aliphatic rings. The van der Waals surface area contributed by atoms with Crippen molar-refractivity contribution in [3.63, 3.8) is 0 Å². The van der Waals surface area contributed by atoms with Gasteiger partial charge in [0.25, 0.3) is 0 Å². The van der Waals surface area contributed by atoms with Crippen LogP contribution < -0.4 is 9.47 Å². The number of fused-ring (bicyclic) bond motifs is 1. The first-order valence-electron chi connectivity index (χ1n) is 27.9. The third kappa shape index (κ3) is 33.2. The van der Waals surface area contributed by atoms with Crippen LogP contribution in [0.5, 0.6) is 11.5 Å². The number of esters is 2. The standard InChI is InChI=1S/C60H100O8/c1-7-9-11-13-15-17-19-21-23-25-27-29-31-33-35-37-43-63-47-57(67-59(61)51(3)4)49-65-55-41-39-54-46-56(42-40-53(54)45-55)66-50-58(68-60(62)52(5)6)48-64-44-38-36-34-32-30-28-26-24-22-20-18-16-14-12-10-8-2/h39-42,45-46,57-58H,3,5,7-38,43-44,47-50H2,1-2,4,6H3. The highest BCUT2D eigenvalue weighted by atomic mass is 16.6. The molecule has 0 fully saturated rings. The molecule has 0 heterocycles. The van der Waals surface area contributed by atoms with E-state index in [4.69, 9.17) is 28.4 Å². The number of rotatable bonds is 48. The molecule has 8 nitrogen and oxygen atoms in total. The quantitative estimate of drug-likeness (QED) is 0.0368. The van der Waals surface area contributed by atoms with Gasteiger partial charge >= 0.3 is 11.9 Å². The minimum atomic E-state index is -0.559. The van der Waals surface area contributed by atoms with Gasteiger partial charge in [-0.25, -0.2) is 9.59 Å². The molecule has 8 heteroatoms. The summed E-state index contributed by atoms with van der Waals surface area (Å²) in [4.78, 5) is 24.9. The summed E-state index contributed by atoms with van der Waals surface area (Å²) in [6.45, 7) is 17.4. The lowest BCUT2D eigenvalue weighted by atomic mass is 10.0. The topological polar surface area (TPSA) is 89.5 Å². The second-order valence-electron chi connectivity index (χ2n) is 19.7. The fourth-order valence-corrected chi connectivity index (χ4v) is 8.43. The van der Waals surface area contributed by atoms with Gasteiger partial charge in [-0.05, 0) is 61.7 Å². The molecule has 0 spiro atoms. The van der Waals surface area contributed by atoms with Crippen molar-refractivity contribution >= 4 is 22.7 Å². The molecule has 0 radical (unpaired) electrons. The Morgan fingerprint density at radius 3 is 0.926 bits per heavy atom. The Balaban J connectivity index is 1.67. The molecular weight excluding hydrogens is 849 g/mol. The Labute approximate surface area is 416 Å². The van der Waals surface area contributed by atoms with Crippen LogP contribution in [0.25, 0.3) is 10.8 Å². The molecule has 0 aromatic heterocycles. The summed E-state index contributed by atoms with van der Waals surface area (Å²) >= 11 is 0. The Bertz CT molecular complexity index is 1450. The predicted molar refractivity (Wildman–Crippen MR) is 285 cm³/mol. The molecule has 388 valence electrons. The zero-order valence-corrected chi connectivity index (χ0v) is 44.2. The highest BCUT2D eigenvalue weighted by Crippen LogP contribution is 2.26. The Morgan fingerprint density at radius 2 is 0.662 bits per heavy atom. The molecule has 0 bridgehead atoms. The molecule has 0 saturated heterocycles. The second kappa shape index (κ2) is 42.5. The lowest BCUT2D eigenvalue weighted by Crippen LogP contribution is -2.30. The van der Waals surface area contributed by atoms with Gasteiger partial charge in [-0.1, -0.05) is 232 Å². The third-order valence-corrected chi connectivity index (χ3v) is 12.8. The van der Waals surface area contributed by atoms with Crippen LogP contribution in [0.15, 0.2) is 60.7 Å². The first kappa shape index (κ1) is 60.8. The molecule has 68 heavy (non-hydrogen) atoms. The van der Waals surface area contributed by atoms with Crippen molar-refractivity contribution in [1.82, 2.24) is 0 Å². The molecule has 0 N–H and O–H groups in total. The minimum absolute atomic E-state index is 0.163. The fourth-order valence-electron chi connectivity index (χ4n) is 8.43. The Morgan fingerprint density at radius 1 is 0.397 bits per heavy atom. The van der Waals surface area contributed by atoms with Gasteiger partial charge in [0.05, 0.1) is 13.2 Å². The lowest BCUT2D eigenvalue weighted by molar-refractivity contribution is -0.150. The van der Waals surface area contributed by atoms with Gasteiger partial charge in [-0.3, -0.25) is 0 Å². The van der Waals surface area contributed by atoms with Crippen molar-refractivity contribution < 1.29 is 38.0 Å². The molecular formula is C60H100O8. The van der Waals surface area contributed by atoms with Gasteiger partial charge < -0.3 is 28.4 Å². The van der Waals surface area contributed by atoms with E-state index < -0.39 is 24.1 Å². The Kier molecular flexibility index (Phi) is 38.0. The van der Waals surface area contributed by atoms with E-state index in [1.807, 2.05) is 36.4 Å². The van der Waals surface area contributed by atoms with Gasteiger partial charge in [0.2, 0.25) is 0 Å².